The molecule has 1 rings (SSSR count). The number of hydrogen-bond donors (Lipinski definition) is 1. The Balaban J connectivity index is 2.20. The molecule has 0 aromatic heterocycles. The van der Waals surface area contributed by atoms with Gasteiger partial charge >= 0.3 is 12.0 Å². The topological polar surface area (TPSA) is 64.1 Å². The molecule has 2 amide bonds. The van der Waals surface area contributed by atoms with Gasteiger partial charge in [0.25, 0.3) is 0 Å². The lowest BCUT2D eigenvalue weighted by molar-refractivity contribution is -0.137. The largest absolute Gasteiger partial charge is 0.481 e. The number of carboxylic acids is 1. The van der Waals surface area contributed by atoms with Gasteiger partial charge in [0.1, 0.15) is 0 Å². The second-order valence-electron chi connectivity index (χ2n) is 5.17. The zero-order valence-electron chi connectivity index (χ0n) is 12.0. The van der Waals surface area contributed by atoms with E-state index in [9.17, 15) is 9.59 Å². The summed E-state index contributed by atoms with van der Waals surface area (Å²) in [5.41, 5.74) is 0. The van der Waals surface area contributed by atoms with Gasteiger partial charge in [-0.3, -0.25) is 4.79 Å². The Morgan fingerprint density at radius 2 is 1.68 bits per heavy atom. The molecular formula is C13H25N3O3. The van der Waals surface area contributed by atoms with Crippen LogP contribution in [0.3, 0.4) is 0 Å². The van der Waals surface area contributed by atoms with Gasteiger partial charge in [0, 0.05) is 40.2 Å². The molecule has 0 spiro atoms. The van der Waals surface area contributed by atoms with Gasteiger partial charge in [0.2, 0.25) is 0 Å². The number of carboxylic acid groups (broad SMARTS) is 1. The molecule has 0 aliphatic carbocycles. The monoisotopic (exact) mass is 271 g/mol. The van der Waals surface area contributed by atoms with E-state index in [0.717, 1.165) is 26.2 Å². The first-order valence-corrected chi connectivity index (χ1v) is 6.91. The van der Waals surface area contributed by atoms with Crippen LogP contribution in [0.5, 0.6) is 0 Å². The Kier molecular flexibility index (Phi) is 6.62. The van der Waals surface area contributed by atoms with Crippen LogP contribution in [0.2, 0.25) is 0 Å². The van der Waals surface area contributed by atoms with Crippen LogP contribution < -0.4 is 0 Å². The smallest absolute Gasteiger partial charge is 0.319 e. The summed E-state index contributed by atoms with van der Waals surface area (Å²) >= 11 is 0. The number of rotatable bonds is 7. The molecule has 1 fully saturated rings. The van der Waals surface area contributed by atoms with Crippen molar-refractivity contribution in [2.45, 2.75) is 25.7 Å². The quantitative estimate of drug-likeness (QED) is 0.748. The van der Waals surface area contributed by atoms with Gasteiger partial charge in [-0.25, -0.2) is 4.79 Å². The highest BCUT2D eigenvalue weighted by atomic mass is 16.4. The molecule has 0 aromatic rings. The summed E-state index contributed by atoms with van der Waals surface area (Å²) in [6.45, 7) is 4.40. The van der Waals surface area contributed by atoms with Crippen molar-refractivity contribution < 1.29 is 14.7 Å². The minimum atomic E-state index is -0.816. The van der Waals surface area contributed by atoms with E-state index in [2.05, 4.69) is 4.90 Å². The van der Waals surface area contributed by atoms with E-state index in [0.29, 0.717) is 13.0 Å². The fourth-order valence-corrected chi connectivity index (χ4v) is 2.25. The standard InChI is InChI=1S/C13H25N3O3/c1-14(7-5-6-12(17)18)13(19)15(2)10-11-16-8-3-4-9-16/h3-11H2,1-2H3,(H,17,18). The van der Waals surface area contributed by atoms with Gasteiger partial charge in [0.15, 0.2) is 0 Å². The zero-order chi connectivity index (χ0) is 14.3. The van der Waals surface area contributed by atoms with Crippen molar-refractivity contribution in [1.29, 1.82) is 0 Å². The van der Waals surface area contributed by atoms with Crippen LogP contribution in [-0.4, -0.2) is 78.6 Å². The summed E-state index contributed by atoms with van der Waals surface area (Å²) in [5.74, 6) is -0.816. The number of aliphatic carboxylic acids is 1. The predicted molar refractivity (Wildman–Crippen MR) is 73.2 cm³/mol. The van der Waals surface area contributed by atoms with Crippen LogP contribution in [0.1, 0.15) is 25.7 Å². The highest BCUT2D eigenvalue weighted by Crippen LogP contribution is 2.07. The molecular weight excluding hydrogens is 246 g/mol. The van der Waals surface area contributed by atoms with E-state index in [-0.39, 0.29) is 12.5 Å². The SMILES string of the molecule is CN(CCCC(=O)O)C(=O)N(C)CCN1CCCC1. The summed E-state index contributed by atoms with van der Waals surface area (Å²) in [7, 11) is 3.52. The zero-order valence-corrected chi connectivity index (χ0v) is 12.0. The molecule has 6 nitrogen and oxygen atoms in total. The molecule has 1 N–H and O–H groups in total. The number of amides is 2. The third-order valence-electron chi connectivity index (χ3n) is 3.49. The van der Waals surface area contributed by atoms with Crippen molar-refractivity contribution in [2.24, 2.45) is 0 Å². The summed E-state index contributed by atoms with van der Waals surface area (Å²) < 4.78 is 0. The molecule has 19 heavy (non-hydrogen) atoms. The molecule has 0 radical (unpaired) electrons. The second kappa shape index (κ2) is 7.99. The average molecular weight is 271 g/mol. The number of likely N-dealkylation sites (N-methyl/N-ethyl adjacent to an activating group) is 1. The fraction of sp³-hybridized carbons (Fsp3) is 0.846. The molecule has 6 heteroatoms. The van der Waals surface area contributed by atoms with E-state index < -0.39 is 5.97 Å². The highest BCUT2D eigenvalue weighted by molar-refractivity contribution is 5.74. The van der Waals surface area contributed by atoms with E-state index in [1.807, 2.05) is 0 Å². The molecule has 1 saturated heterocycles. The predicted octanol–water partition coefficient (Wildman–Crippen LogP) is 0.931. The van der Waals surface area contributed by atoms with Crippen molar-refractivity contribution >= 4 is 12.0 Å². The van der Waals surface area contributed by atoms with Crippen molar-refractivity contribution in [2.75, 3.05) is 46.8 Å². The van der Waals surface area contributed by atoms with Crippen LogP contribution >= 0.6 is 0 Å². The maximum Gasteiger partial charge on any atom is 0.319 e. The number of hydrogen-bond acceptors (Lipinski definition) is 3. The summed E-state index contributed by atoms with van der Waals surface area (Å²) in [5, 5.41) is 8.56. The molecule has 1 heterocycles. The molecule has 0 bridgehead atoms. The maximum absolute atomic E-state index is 12.0. The second-order valence-corrected chi connectivity index (χ2v) is 5.17. The summed E-state index contributed by atoms with van der Waals surface area (Å²) in [6.07, 6.45) is 3.12. The third kappa shape index (κ3) is 5.92. The van der Waals surface area contributed by atoms with Gasteiger partial charge in [-0.05, 0) is 32.4 Å². The first-order valence-electron chi connectivity index (χ1n) is 6.91. The van der Waals surface area contributed by atoms with Gasteiger partial charge < -0.3 is 19.8 Å². The molecule has 0 aromatic carbocycles. The first-order chi connectivity index (χ1) is 9.00. The van der Waals surface area contributed by atoms with Crippen molar-refractivity contribution in [1.82, 2.24) is 14.7 Å². The van der Waals surface area contributed by atoms with Gasteiger partial charge in [-0.2, -0.15) is 0 Å². The minimum Gasteiger partial charge on any atom is -0.481 e. The Hall–Kier alpha value is -1.30. The maximum atomic E-state index is 12.0. The average Bonchev–Trinajstić information content (AvgIpc) is 2.87. The molecule has 110 valence electrons. The Morgan fingerprint density at radius 3 is 2.26 bits per heavy atom. The van der Waals surface area contributed by atoms with Crippen molar-refractivity contribution in [3.63, 3.8) is 0 Å². The number of likely N-dealkylation sites (tertiary alicyclic amines) is 1. The number of urea groups is 1. The van der Waals surface area contributed by atoms with Crippen LogP contribution in [0.4, 0.5) is 4.79 Å². The summed E-state index contributed by atoms with van der Waals surface area (Å²) in [6, 6.07) is -0.0374. The lowest BCUT2D eigenvalue weighted by Gasteiger charge is -2.26. The van der Waals surface area contributed by atoms with Crippen molar-refractivity contribution in [3.05, 3.63) is 0 Å². The Morgan fingerprint density at radius 1 is 1.11 bits per heavy atom. The van der Waals surface area contributed by atoms with Gasteiger partial charge in [-0.1, -0.05) is 0 Å². The van der Waals surface area contributed by atoms with E-state index in [4.69, 9.17) is 5.11 Å². The number of nitrogens with zero attached hydrogens (tertiary/aromatic N) is 3. The van der Waals surface area contributed by atoms with Gasteiger partial charge in [0.05, 0.1) is 0 Å². The lowest BCUT2D eigenvalue weighted by atomic mass is 10.3. The van der Waals surface area contributed by atoms with Crippen LogP contribution in [0.25, 0.3) is 0 Å². The normalized spacial score (nSPS) is 15.5. The number of carbonyl (C=O) groups is 2. The molecule has 0 atom stereocenters. The Labute approximate surface area is 115 Å². The first kappa shape index (κ1) is 15.8. The van der Waals surface area contributed by atoms with E-state index >= 15 is 0 Å². The van der Waals surface area contributed by atoms with Crippen LogP contribution in [0.15, 0.2) is 0 Å². The van der Waals surface area contributed by atoms with Crippen molar-refractivity contribution in [3.8, 4) is 0 Å². The molecule has 1 aliphatic heterocycles. The summed E-state index contributed by atoms with van der Waals surface area (Å²) in [4.78, 5) is 28.1. The lowest BCUT2D eigenvalue weighted by Crippen LogP contribution is -2.42. The van der Waals surface area contributed by atoms with E-state index in [1.165, 1.54) is 12.8 Å². The molecule has 0 saturated carbocycles. The molecule has 0 unspecified atom stereocenters. The third-order valence-corrected chi connectivity index (χ3v) is 3.49. The van der Waals surface area contributed by atoms with Gasteiger partial charge in [-0.15, -0.1) is 0 Å². The number of carbonyl (C=O) groups excluding carboxylic acids is 1. The van der Waals surface area contributed by atoms with Crippen LogP contribution in [0, 0.1) is 0 Å². The highest BCUT2D eigenvalue weighted by Gasteiger charge is 2.16. The van der Waals surface area contributed by atoms with Crippen LogP contribution in [-0.2, 0) is 4.79 Å². The minimum absolute atomic E-state index is 0.0374. The van der Waals surface area contributed by atoms with E-state index in [1.54, 1.807) is 23.9 Å². The fourth-order valence-electron chi connectivity index (χ4n) is 2.25. The Bertz CT molecular complexity index is 304. The molecule has 1 aliphatic rings.